The average Bonchev–Trinajstić information content (AvgIpc) is 2.17. The monoisotopic (exact) mass is 276 g/mol. The highest BCUT2D eigenvalue weighted by atomic mass is 19.4. The third kappa shape index (κ3) is 2.99. The lowest BCUT2D eigenvalue weighted by atomic mass is 10.3. The van der Waals surface area contributed by atoms with Crippen molar-refractivity contribution in [2.24, 2.45) is 0 Å². The summed E-state index contributed by atoms with van der Waals surface area (Å²) in [6, 6.07) is 0. The van der Waals surface area contributed by atoms with E-state index in [9.17, 15) is 36.5 Å². The molecular weight excluding hydrogens is 274 g/mol. The van der Waals surface area contributed by atoms with Gasteiger partial charge in [0.25, 0.3) is 6.43 Å². The zero-order valence-electron chi connectivity index (χ0n) is 8.04. The maximum absolute atomic E-state index is 13.2. The van der Waals surface area contributed by atoms with Gasteiger partial charge in [0.15, 0.2) is 11.4 Å². The van der Waals surface area contributed by atoms with Crippen LogP contribution in [-0.4, -0.2) is 16.3 Å². The van der Waals surface area contributed by atoms with E-state index in [-0.39, 0.29) is 6.20 Å². The number of pyridine rings is 1. The van der Waals surface area contributed by atoms with E-state index in [2.05, 4.69) is 9.72 Å². The van der Waals surface area contributed by atoms with Crippen LogP contribution in [0.3, 0.4) is 0 Å². The van der Waals surface area contributed by atoms with Crippen molar-refractivity contribution < 1.29 is 36.0 Å². The first-order chi connectivity index (χ1) is 8.13. The summed E-state index contributed by atoms with van der Waals surface area (Å²) in [5.41, 5.74) is -3.17. The van der Waals surface area contributed by atoms with E-state index in [1.807, 2.05) is 0 Å². The lowest BCUT2D eigenvalue weighted by Gasteiger charge is -2.12. The first kappa shape index (κ1) is 14.0. The Morgan fingerprint density at radius 1 is 1.39 bits per heavy atom. The standard InChI is InChI=1S/C7H2F6N2O3/c8-3-2(15(16)17)1-14-4(6(9)10)5(3)18-7(11,12)13/h1,6H. The van der Waals surface area contributed by atoms with Gasteiger partial charge in [0, 0.05) is 0 Å². The van der Waals surface area contributed by atoms with Crippen molar-refractivity contribution in [3.05, 3.63) is 27.8 Å². The SMILES string of the molecule is O=[N+]([O-])c1cnc(C(F)F)c(OC(F)(F)F)c1F. The molecule has 0 bridgehead atoms. The molecule has 0 aliphatic carbocycles. The quantitative estimate of drug-likeness (QED) is 0.483. The van der Waals surface area contributed by atoms with Gasteiger partial charge in [-0.3, -0.25) is 10.1 Å². The van der Waals surface area contributed by atoms with Crippen LogP contribution in [0.2, 0.25) is 0 Å². The van der Waals surface area contributed by atoms with Gasteiger partial charge in [-0.25, -0.2) is 13.8 Å². The van der Waals surface area contributed by atoms with Crippen LogP contribution in [-0.2, 0) is 0 Å². The summed E-state index contributed by atoms with van der Waals surface area (Å²) in [6.07, 6.45) is -8.99. The Morgan fingerprint density at radius 3 is 2.33 bits per heavy atom. The molecule has 1 heterocycles. The van der Waals surface area contributed by atoms with E-state index in [0.717, 1.165) is 0 Å². The molecule has 11 heteroatoms. The molecule has 18 heavy (non-hydrogen) atoms. The Balaban J connectivity index is 3.41. The minimum atomic E-state index is -5.48. The van der Waals surface area contributed by atoms with Crippen LogP contribution in [0.4, 0.5) is 32.0 Å². The van der Waals surface area contributed by atoms with E-state index in [4.69, 9.17) is 0 Å². The summed E-state index contributed by atoms with van der Waals surface area (Å²) >= 11 is 0. The van der Waals surface area contributed by atoms with Crippen LogP contribution < -0.4 is 4.74 Å². The van der Waals surface area contributed by atoms with E-state index in [1.165, 1.54) is 0 Å². The van der Waals surface area contributed by atoms with Crippen LogP contribution in [0.25, 0.3) is 0 Å². The molecule has 0 amide bonds. The Hall–Kier alpha value is -2.07. The van der Waals surface area contributed by atoms with Gasteiger partial charge in [-0.1, -0.05) is 0 Å². The van der Waals surface area contributed by atoms with Gasteiger partial charge in [0.05, 0.1) is 4.92 Å². The Morgan fingerprint density at radius 2 is 1.94 bits per heavy atom. The number of ether oxygens (including phenoxy) is 1. The molecule has 0 spiro atoms. The molecule has 1 aromatic rings. The number of hydrogen-bond acceptors (Lipinski definition) is 4. The lowest BCUT2D eigenvalue weighted by molar-refractivity contribution is -0.388. The third-order valence-electron chi connectivity index (χ3n) is 1.60. The fourth-order valence-corrected chi connectivity index (χ4v) is 0.970. The molecule has 5 nitrogen and oxygen atoms in total. The molecule has 0 radical (unpaired) electrons. The first-order valence-electron chi connectivity index (χ1n) is 4.00. The van der Waals surface area contributed by atoms with E-state index in [0.29, 0.717) is 0 Å². The maximum atomic E-state index is 13.2. The zero-order chi connectivity index (χ0) is 14.1. The third-order valence-corrected chi connectivity index (χ3v) is 1.60. The van der Waals surface area contributed by atoms with Crippen LogP contribution in [0.5, 0.6) is 5.75 Å². The molecule has 0 atom stereocenters. The fourth-order valence-electron chi connectivity index (χ4n) is 0.970. The van der Waals surface area contributed by atoms with E-state index < -0.39 is 40.7 Å². The van der Waals surface area contributed by atoms with Crippen LogP contribution in [0, 0.1) is 15.9 Å². The summed E-state index contributed by atoms with van der Waals surface area (Å²) in [6.45, 7) is 0. The number of aromatic nitrogens is 1. The van der Waals surface area contributed by atoms with Gasteiger partial charge in [-0.15, -0.1) is 13.2 Å². The van der Waals surface area contributed by atoms with E-state index >= 15 is 0 Å². The minimum absolute atomic E-state index is 0.0834. The highest BCUT2D eigenvalue weighted by molar-refractivity contribution is 5.42. The summed E-state index contributed by atoms with van der Waals surface area (Å²) in [4.78, 5) is 11.5. The smallest absolute Gasteiger partial charge is 0.400 e. The maximum Gasteiger partial charge on any atom is 0.573 e. The predicted molar refractivity (Wildman–Crippen MR) is 42.5 cm³/mol. The Bertz CT molecular complexity index is 475. The number of hydrogen-bond donors (Lipinski definition) is 0. The van der Waals surface area contributed by atoms with Crippen molar-refractivity contribution in [3.8, 4) is 5.75 Å². The second-order valence-electron chi connectivity index (χ2n) is 2.78. The summed E-state index contributed by atoms with van der Waals surface area (Å²) < 4.78 is 76.4. The normalized spacial score (nSPS) is 11.7. The summed E-state index contributed by atoms with van der Waals surface area (Å²) in [7, 11) is 0. The minimum Gasteiger partial charge on any atom is -0.400 e. The molecule has 0 fully saturated rings. The second-order valence-corrected chi connectivity index (χ2v) is 2.78. The largest absolute Gasteiger partial charge is 0.573 e. The Labute approximate surface area is 94.1 Å². The highest BCUT2D eigenvalue weighted by Gasteiger charge is 2.38. The molecule has 0 saturated carbocycles. The lowest BCUT2D eigenvalue weighted by Crippen LogP contribution is -2.20. The molecule has 0 aliphatic heterocycles. The molecule has 0 unspecified atom stereocenters. The molecule has 1 aromatic heterocycles. The van der Waals surface area contributed by atoms with Crippen molar-refractivity contribution in [2.45, 2.75) is 12.8 Å². The van der Waals surface area contributed by atoms with Gasteiger partial charge in [-0.2, -0.15) is 4.39 Å². The molecule has 0 aliphatic rings. The summed E-state index contributed by atoms with van der Waals surface area (Å²) in [5.74, 6) is -4.17. The van der Waals surface area contributed by atoms with Crippen LogP contribution in [0.15, 0.2) is 6.20 Å². The number of alkyl halides is 5. The van der Waals surface area contributed by atoms with Crippen LogP contribution >= 0.6 is 0 Å². The second kappa shape index (κ2) is 4.66. The molecular formula is C7H2F6N2O3. The molecule has 0 saturated heterocycles. The number of nitrogens with zero attached hydrogens (tertiary/aromatic N) is 2. The van der Waals surface area contributed by atoms with Crippen molar-refractivity contribution >= 4 is 5.69 Å². The van der Waals surface area contributed by atoms with Crippen LogP contribution in [0.1, 0.15) is 12.1 Å². The molecule has 0 N–H and O–H groups in total. The molecule has 100 valence electrons. The highest BCUT2D eigenvalue weighted by Crippen LogP contribution is 2.36. The van der Waals surface area contributed by atoms with Gasteiger partial charge in [0.2, 0.25) is 5.82 Å². The van der Waals surface area contributed by atoms with Gasteiger partial charge in [-0.05, 0) is 0 Å². The average molecular weight is 276 g/mol. The zero-order valence-corrected chi connectivity index (χ0v) is 8.04. The van der Waals surface area contributed by atoms with Gasteiger partial charge in [0.1, 0.15) is 6.20 Å². The molecule has 1 rings (SSSR count). The number of rotatable bonds is 3. The topological polar surface area (TPSA) is 65.3 Å². The van der Waals surface area contributed by atoms with Crippen molar-refractivity contribution in [3.63, 3.8) is 0 Å². The van der Waals surface area contributed by atoms with Crippen molar-refractivity contribution in [1.29, 1.82) is 0 Å². The van der Waals surface area contributed by atoms with E-state index in [1.54, 1.807) is 0 Å². The summed E-state index contributed by atoms with van der Waals surface area (Å²) in [5, 5.41) is 10.2. The predicted octanol–water partition coefficient (Wildman–Crippen LogP) is 2.97. The fraction of sp³-hybridized carbons (Fsp3) is 0.286. The molecule has 0 aromatic carbocycles. The van der Waals surface area contributed by atoms with Crippen molar-refractivity contribution in [1.82, 2.24) is 4.98 Å². The number of halogens is 6. The van der Waals surface area contributed by atoms with Crippen molar-refractivity contribution in [2.75, 3.05) is 0 Å². The Kier molecular flexibility index (Phi) is 3.62. The van der Waals surface area contributed by atoms with Gasteiger partial charge >= 0.3 is 12.0 Å². The first-order valence-corrected chi connectivity index (χ1v) is 4.00. The van der Waals surface area contributed by atoms with Gasteiger partial charge < -0.3 is 4.74 Å². The number of nitro groups is 1.